The zero-order valence-corrected chi connectivity index (χ0v) is 13.6. The van der Waals surface area contributed by atoms with E-state index in [0.717, 1.165) is 0 Å². The summed E-state index contributed by atoms with van der Waals surface area (Å²) in [5.74, 6) is 0. The van der Waals surface area contributed by atoms with Crippen molar-refractivity contribution in [3.63, 3.8) is 0 Å². The Morgan fingerprint density at radius 2 is 1.65 bits per heavy atom. The molecule has 0 atom stereocenters. The fourth-order valence-corrected chi connectivity index (χ4v) is 4.75. The lowest BCUT2D eigenvalue weighted by atomic mass is 10.1. The third-order valence-corrected chi connectivity index (χ3v) is 5.85. The van der Waals surface area contributed by atoms with Crippen LogP contribution < -0.4 is 0 Å². The topological polar surface area (TPSA) is 3.24 Å². The molecule has 0 aromatic heterocycles. The van der Waals surface area contributed by atoms with Gasteiger partial charge in [0.25, 0.3) is 0 Å². The Hall–Kier alpha value is -0.0831. The lowest BCUT2D eigenvalue weighted by Crippen LogP contribution is -2.21. The summed E-state index contributed by atoms with van der Waals surface area (Å²) in [5, 5.41) is 1.83. The number of likely N-dealkylation sites (tertiary alicyclic amines) is 1. The second-order valence-electron chi connectivity index (χ2n) is 5.54. The van der Waals surface area contributed by atoms with E-state index < -0.39 is 0 Å². The molecule has 1 saturated heterocycles. The van der Waals surface area contributed by atoms with Crippen molar-refractivity contribution < 1.29 is 0 Å². The van der Waals surface area contributed by atoms with Gasteiger partial charge >= 0.3 is 0 Å². The fourth-order valence-electron chi connectivity index (χ4n) is 2.91. The monoisotopic (exact) mass is 253 g/mol. The van der Waals surface area contributed by atoms with Crippen molar-refractivity contribution in [2.45, 2.75) is 65.3 Å². The zero-order chi connectivity index (χ0) is 12.5. The van der Waals surface area contributed by atoms with Crippen LogP contribution in [0.25, 0.3) is 0 Å². The summed E-state index contributed by atoms with van der Waals surface area (Å²) >= 11 is 0. The van der Waals surface area contributed by atoms with E-state index in [-0.39, 0.29) is 9.52 Å². The molecule has 17 heavy (non-hydrogen) atoms. The maximum atomic E-state index is 2.67. The van der Waals surface area contributed by atoms with Gasteiger partial charge in [-0.3, -0.25) is 0 Å². The molecule has 0 spiro atoms. The van der Waals surface area contributed by atoms with Gasteiger partial charge in [0.1, 0.15) is 0 Å². The molecule has 0 unspecified atom stereocenters. The van der Waals surface area contributed by atoms with Gasteiger partial charge in [0, 0.05) is 0 Å². The normalized spacial score (nSPS) is 17.1. The predicted molar refractivity (Wildman–Crippen MR) is 81.5 cm³/mol. The third-order valence-electron chi connectivity index (χ3n) is 3.93. The predicted octanol–water partition coefficient (Wildman–Crippen LogP) is 3.54. The standard InChI is InChI=1S/C15H31NSi/c1-4-8-15(9-5-2)14(3)17-13-12-16-10-6-7-11-16/h4-13,17H2,1-3H3. The molecule has 0 aromatic rings. The van der Waals surface area contributed by atoms with Gasteiger partial charge in [-0.1, -0.05) is 37.5 Å². The molecule has 0 N–H and O–H groups in total. The molecule has 1 nitrogen and oxygen atoms in total. The van der Waals surface area contributed by atoms with Crippen LogP contribution in [0, 0.1) is 0 Å². The van der Waals surface area contributed by atoms with Gasteiger partial charge in [0.15, 0.2) is 0 Å². The van der Waals surface area contributed by atoms with Gasteiger partial charge in [-0.05, 0) is 58.3 Å². The molecular weight excluding hydrogens is 222 g/mol. The van der Waals surface area contributed by atoms with Crippen LogP contribution in [0.1, 0.15) is 59.3 Å². The summed E-state index contributed by atoms with van der Waals surface area (Å²) < 4.78 is 0. The highest BCUT2D eigenvalue weighted by Crippen LogP contribution is 2.17. The molecular formula is C15H31NSi. The van der Waals surface area contributed by atoms with Crippen molar-refractivity contribution in [1.29, 1.82) is 0 Å². The van der Waals surface area contributed by atoms with Gasteiger partial charge in [-0.2, -0.15) is 0 Å². The highest BCUT2D eigenvalue weighted by atomic mass is 28.2. The zero-order valence-electron chi connectivity index (χ0n) is 12.2. The lowest BCUT2D eigenvalue weighted by Gasteiger charge is -2.15. The quantitative estimate of drug-likeness (QED) is 0.598. The van der Waals surface area contributed by atoms with Crippen LogP contribution in [-0.4, -0.2) is 34.1 Å². The molecule has 0 aromatic carbocycles. The largest absolute Gasteiger partial charge is 0.304 e. The molecule has 1 heterocycles. The van der Waals surface area contributed by atoms with Gasteiger partial charge < -0.3 is 4.90 Å². The molecule has 0 amide bonds. The fraction of sp³-hybridized carbons (Fsp3) is 0.867. The van der Waals surface area contributed by atoms with Crippen LogP contribution in [0.15, 0.2) is 10.8 Å². The molecule has 1 aliphatic heterocycles. The van der Waals surface area contributed by atoms with E-state index in [1.54, 1.807) is 0 Å². The molecule has 0 bridgehead atoms. The summed E-state index contributed by atoms with van der Waals surface area (Å²) in [4.78, 5) is 2.67. The molecule has 2 heteroatoms. The highest BCUT2D eigenvalue weighted by molar-refractivity contribution is 6.45. The Balaban J connectivity index is 2.28. The van der Waals surface area contributed by atoms with E-state index in [9.17, 15) is 0 Å². The number of allylic oxidation sites excluding steroid dienone is 2. The van der Waals surface area contributed by atoms with Crippen molar-refractivity contribution >= 4 is 9.52 Å². The molecule has 1 aliphatic rings. The number of rotatable bonds is 8. The number of hydrogen-bond acceptors (Lipinski definition) is 1. The van der Waals surface area contributed by atoms with Crippen molar-refractivity contribution in [3.8, 4) is 0 Å². The van der Waals surface area contributed by atoms with Crippen LogP contribution in [0.5, 0.6) is 0 Å². The second kappa shape index (κ2) is 8.93. The summed E-state index contributed by atoms with van der Waals surface area (Å²) in [7, 11) is 0.0519. The second-order valence-corrected chi connectivity index (χ2v) is 7.80. The van der Waals surface area contributed by atoms with E-state index in [2.05, 4.69) is 25.7 Å². The minimum absolute atomic E-state index is 0.0519. The number of hydrogen-bond donors (Lipinski definition) is 0. The van der Waals surface area contributed by atoms with Gasteiger partial charge in [-0.15, -0.1) is 0 Å². The Kier molecular flexibility index (Phi) is 7.87. The first-order valence-corrected chi connectivity index (χ1v) is 9.38. The Bertz CT molecular complexity index is 221. The summed E-state index contributed by atoms with van der Waals surface area (Å²) in [6.45, 7) is 11.2. The molecule has 0 aliphatic carbocycles. The first-order valence-electron chi connectivity index (χ1n) is 7.67. The molecule has 0 saturated carbocycles. The van der Waals surface area contributed by atoms with E-state index in [1.165, 1.54) is 64.2 Å². The van der Waals surface area contributed by atoms with Gasteiger partial charge in [-0.25, -0.2) is 0 Å². The summed E-state index contributed by atoms with van der Waals surface area (Å²) in [5.41, 5.74) is 1.81. The van der Waals surface area contributed by atoms with E-state index in [0.29, 0.717) is 0 Å². The Labute approximate surface area is 110 Å². The molecule has 100 valence electrons. The molecule has 1 fully saturated rings. The van der Waals surface area contributed by atoms with Crippen molar-refractivity contribution in [1.82, 2.24) is 4.90 Å². The van der Waals surface area contributed by atoms with E-state index in [4.69, 9.17) is 0 Å². The van der Waals surface area contributed by atoms with E-state index in [1.807, 2.05) is 10.8 Å². The SMILES string of the molecule is CCCC(CCC)=C(C)[SiH2]CCN1CCCC1. The van der Waals surface area contributed by atoms with Crippen LogP contribution >= 0.6 is 0 Å². The van der Waals surface area contributed by atoms with Crippen molar-refractivity contribution in [2.24, 2.45) is 0 Å². The lowest BCUT2D eigenvalue weighted by molar-refractivity contribution is 0.358. The molecule has 0 radical (unpaired) electrons. The smallest absolute Gasteiger partial charge is 0.0504 e. The average Bonchev–Trinajstić information content (AvgIpc) is 2.81. The first-order chi connectivity index (χ1) is 8.27. The first kappa shape index (κ1) is 15.0. The van der Waals surface area contributed by atoms with Gasteiger partial charge in [0.2, 0.25) is 0 Å². The average molecular weight is 254 g/mol. The van der Waals surface area contributed by atoms with Crippen LogP contribution in [-0.2, 0) is 0 Å². The highest BCUT2D eigenvalue weighted by Gasteiger charge is 2.10. The maximum Gasteiger partial charge on any atom is 0.0504 e. The molecule has 1 rings (SSSR count). The summed E-state index contributed by atoms with van der Waals surface area (Å²) in [6, 6.07) is 1.50. The summed E-state index contributed by atoms with van der Waals surface area (Å²) in [6.07, 6.45) is 8.24. The maximum absolute atomic E-state index is 2.67. The Morgan fingerprint density at radius 3 is 2.18 bits per heavy atom. The van der Waals surface area contributed by atoms with Crippen molar-refractivity contribution in [3.05, 3.63) is 10.8 Å². The minimum Gasteiger partial charge on any atom is -0.304 e. The minimum atomic E-state index is 0.0519. The Morgan fingerprint density at radius 1 is 1.06 bits per heavy atom. The van der Waals surface area contributed by atoms with Crippen LogP contribution in [0.4, 0.5) is 0 Å². The number of nitrogens with zero attached hydrogens (tertiary/aromatic N) is 1. The van der Waals surface area contributed by atoms with Crippen LogP contribution in [0.2, 0.25) is 6.04 Å². The van der Waals surface area contributed by atoms with Crippen LogP contribution in [0.3, 0.4) is 0 Å². The van der Waals surface area contributed by atoms with Gasteiger partial charge in [0.05, 0.1) is 9.52 Å². The van der Waals surface area contributed by atoms with E-state index >= 15 is 0 Å². The van der Waals surface area contributed by atoms with Crippen molar-refractivity contribution in [2.75, 3.05) is 19.6 Å². The third kappa shape index (κ3) is 5.87.